The molecule has 0 fully saturated rings. The first kappa shape index (κ1) is 9.12. The smallest absolute Gasteiger partial charge is 0.162 e. The summed E-state index contributed by atoms with van der Waals surface area (Å²) in [6, 6.07) is 0. The summed E-state index contributed by atoms with van der Waals surface area (Å²) in [4.78, 5) is 14.8. The molecule has 0 atom stereocenters. The first-order valence-corrected chi connectivity index (χ1v) is 4.80. The van der Waals surface area contributed by atoms with Gasteiger partial charge in [-0.1, -0.05) is 0 Å². The van der Waals surface area contributed by atoms with Crippen molar-refractivity contribution in [3.63, 3.8) is 0 Å². The van der Waals surface area contributed by atoms with E-state index in [0.29, 0.717) is 5.56 Å². The number of hydrogen-bond acceptors (Lipinski definition) is 2. The van der Waals surface area contributed by atoms with E-state index >= 15 is 0 Å². The molecule has 1 aromatic heterocycles. The topological polar surface area (TPSA) is 30.0 Å². The predicted octanol–water partition coefficient (Wildman–Crippen LogP) is 2.65. The molecule has 4 heteroatoms. The molecule has 0 aliphatic rings. The Kier molecular flexibility index (Phi) is 3.00. The second-order valence-corrected chi connectivity index (χ2v) is 3.97. The summed E-state index contributed by atoms with van der Waals surface area (Å²) in [7, 11) is 0. The Balaban J connectivity index is 3.27. The summed E-state index contributed by atoms with van der Waals surface area (Å²) < 4.78 is 1.79. The molecule has 1 aromatic rings. The van der Waals surface area contributed by atoms with Gasteiger partial charge in [0.1, 0.15) is 0 Å². The second-order valence-electron chi connectivity index (χ2n) is 2.04. The minimum atomic E-state index is 0.0446. The largest absolute Gasteiger partial charge is 0.294 e. The van der Waals surface area contributed by atoms with Crippen LogP contribution in [0.15, 0.2) is 16.9 Å². The van der Waals surface area contributed by atoms with Crippen molar-refractivity contribution in [2.45, 2.75) is 6.92 Å². The Morgan fingerprint density at radius 3 is 2.73 bits per heavy atom. The van der Waals surface area contributed by atoms with Gasteiger partial charge in [-0.25, -0.2) is 0 Å². The number of Topliss-reactive ketones (excluding diaryl/α,β-unsaturated/α-hetero) is 1. The van der Waals surface area contributed by atoms with Gasteiger partial charge in [0.25, 0.3) is 0 Å². The van der Waals surface area contributed by atoms with Crippen molar-refractivity contribution in [3.05, 3.63) is 26.0 Å². The van der Waals surface area contributed by atoms with Crippen LogP contribution in [-0.2, 0) is 0 Å². The molecule has 1 heterocycles. The lowest BCUT2D eigenvalue weighted by Crippen LogP contribution is -1.97. The molecular formula is C7H5BrINO. The van der Waals surface area contributed by atoms with Crippen molar-refractivity contribution in [2.24, 2.45) is 0 Å². The molecule has 0 saturated carbocycles. The number of rotatable bonds is 1. The van der Waals surface area contributed by atoms with Crippen molar-refractivity contribution in [3.8, 4) is 0 Å². The highest BCUT2D eigenvalue weighted by molar-refractivity contribution is 14.1. The number of pyridine rings is 1. The molecule has 0 aliphatic carbocycles. The van der Waals surface area contributed by atoms with Crippen LogP contribution in [0.25, 0.3) is 0 Å². The number of ketones is 1. The van der Waals surface area contributed by atoms with E-state index in [1.165, 1.54) is 6.92 Å². The Morgan fingerprint density at radius 2 is 2.27 bits per heavy atom. The van der Waals surface area contributed by atoms with E-state index < -0.39 is 0 Å². The molecule has 2 nitrogen and oxygen atoms in total. The molecule has 0 radical (unpaired) electrons. The van der Waals surface area contributed by atoms with Crippen molar-refractivity contribution in [2.75, 3.05) is 0 Å². The SMILES string of the molecule is CC(=O)c1cncc(Br)c1I. The number of carbonyl (C=O) groups is 1. The summed E-state index contributed by atoms with van der Waals surface area (Å²) in [5.74, 6) is 0.0446. The van der Waals surface area contributed by atoms with Gasteiger partial charge in [-0.05, 0) is 45.4 Å². The maximum Gasteiger partial charge on any atom is 0.162 e. The van der Waals surface area contributed by atoms with Gasteiger partial charge >= 0.3 is 0 Å². The third kappa shape index (κ3) is 1.99. The summed E-state index contributed by atoms with van der Waals surface area (Å²) in [5, 5.41) is 0. The summed E-state index contributed by atoms with van der Waals surface area (Å²) in [6.45, 7) is 1.53. The molecule has 0 saturated heterocycles. The highest BCUT2D eigenvalue weighted by atomic mass is 127. The molecule has 0 N–H and O–H groups in total. The number of aromatic nitrogens is 1. The molecule has 58 valence electrons. The predicted molar refractivity (Wildman–Crippen MR) is 54.7 cm³/mol. The fourth-order valence-electron chi connectivity index (χ4n) is 0.665. The van der Waals surface area contributed by atoms with E-state index in [9.17, 15) is 4.79 Å². The van der Waals surface area contributed by atoms with Crippen molar-refractivity contribution in [1.29, 1.82) is 0 Å². The quantitative estimate of drug-likeness (QED) is 0.587. The van der Waals surface area contributed by atoms with Crippen molar-refractivity contribution in [1.82, 2.24) is 4.98 Å². The van der Waals surface area contributed by atoms with Crippen LogP contribution in [0.1, 0.15) is 17.3 Å². The van der Waals surface area contributed by atoms with Crippen LogP contribution >= 0.6 is 38.5 Å². The second kappa shape index (κ2) is 3.62. The lowest BCUT2D eigenvalue weighted by Gasteiger charge is -1.99. The molecule has 0 amide bonds. The number of halogens is 2. The minimum Gasteiger partial charge on any atom is -0.294 e. The maximum absolute atomic E-state index is 11.0. The van der Waals surface area contributed by atoms with Crippen LogP contribution in [0.2, 0.25) is 0 Å². The molecule has 0 aliphatic heterocycles. The van der Waals surface area contributed by atoms with E-state index in [-0.39, 0.29) is 5.78 Å². The van der Waals surface area contributed by atoms with Crippen LogP contribution in [0.5, 0.6) is 0 Å². The average Bonchev–Trinajstić information content (AvgIpc) is 1.94. The van der Waals surface area contributed by atoms with Crippen LogP contribution in [0.3, 0.4) is 0 Å². The molecule has 0 unspecified atom stereocenters. The monoisotopic (exact) mass is 325 g/mol. The van der Waals surface area contributed by atoms with Gasteiger partial charge in [0.2, 0.25) is 0 Å². The molecule has 11 heavy (non-hydrogen) atoms. The van der Waals surface area contributed by atoms with Crippen LogP contribution in [0, 0.1) is 3.57 Å². The highest BCUT2D eigenvalue weighted by Gasteiger charge is 2.07. The van der Waals surface area contributed by atoms with Crippen LogP contribution in [-0.4, -0.2) is 10.8 Å². The van der Waals surface area contributed by atoms with E-state index in [1.54, 1.807) is 12.4 Å². The Morgan fingerprint density at radius 1 is 1.64 bits per heavy atom. The number of carbonyl (C=O) groups excluding carboxylic acids is 1. The zero-order chi connectivity index (χ0) is 8.43. The molecule has 0 bridgehead atoms. The summed E-state index contributed by atoms with van der Waals surface area (Å²) >= 11 is 5.40. The molecule has 1 rings (SSSR count). The Labute approximate surface area is 86.7 Å². The highest BCUT2D eigenvalue weighted by Crippen LogP contribution is 2.21. The van der Waals surface area contributed by atoms with Crippen molar-refractivity contribution >= 4 is 44.3 Å². The first-order chi connectivity index (χ1) is 5.13. The van der Waals surface area contributed by atoms with E-state index in [1.807, 2.05) is 0 Å². The zero-order valence-electron chi connectivity index (χ0n) is 5.77. The van der Waals surface area contributed by atoms with Crippen LogP contribution < -0.4 is 0 Å². The number of nitrogens with zero attached hydrogens (tertiary/aromatic N) is 1. The number of hydrogen-bond donors (Lipinski definition) is 0. The molecular weight excluding hydrogens is 321 g/mol. The van der Waals surface area contributed by atoms with E-state index in [0.717, 1.165) is 8.04 Å². The molecule has 0 spiro atoms. The van der Waals surface area contributed by atoms with E-state index in [4.69, 9.17) is 0 Å². The van der Waals surface area contributed by atoms with Gasteiger partial charge < -0.3 is 0 Å². The third-order valence-corrected chi connectivity index (χ3v) is 3.72. The van der Waals surface area contributed by atoms with Gasteiger partial charge in [0.15, 0.2) is 5.78 Å². The Bertz CT molecular complexity index is 300. The van der Waals surface area contributed by atoms with Gasteiger partial charge in [-0.15, -0.1) is 0 Å². The fourth-order valence-corrected chi connectivity index (χ4v) is 1.65. The average molecular weight is 326 g/mol. The minimum absolute atomic E-state index is 0.0446. The fraction of sp³-hybridized carbons (Fsp3) is 0.143. The summed E-state index contributed by atoms with van der Waals surface area (Å²) in [6.07, 6.45) is 3.25. The zero-order valence-corrected chi connectivity index (χ0v) is 9.51. The van der Waals surface area contributed by atoms with Crippen LogP contribution in [0.4, 0.5) is 0 Å². The van der Waals surface area contributed by atoms with Gasteiger partial charge in [0.05, 0.1) is 5.56 Å². The first-order valence-electron chi connectivity index (χ1n) is 2.93. The van der Waals surface area contributed by atoms with Gasteiger partial charge in [-0.3, -0.25) is 9.78 Å². The molecule has 0 aromatic carbocycles. The van der Waals surface area contributed by atoms with Gasteiger partial charge in [0, 0.05) is 20.4 Å². The van der Waals surface area contributed by atoms with E-state index in [2.05, 4.69) is 43.5 Å². The third-order valence-electron chi connectivity index (χ3n) is 1.22. The normalized spacial score (nSPS) is 9.73. The maximum atomic E-state index is 11.0. The lowest BCUT2D eigenvalue weighted by atomic mass is 10.2. The van der Waals surface area contributed by atoms with Gasteiger partial charge in [-0.2, -0.15) is 0 Å². The Hall–Kier alpha value is 0.0300. The summed E-state index contributed by atoms with van der Waals surface area (Å²) in [5.41, 5.74) is 0.667. The standard InChI is InChI=1S/C7H5BrINO/c1-4(11)5-2-10-3-6(8)7(5)9/h2-3H,1H3. The lowest BCUT2D eigenvalue weighted by molar-refractivity contribution is 0.101. The van der Waals surface area contributed by atoms with Crippen molar-refractivity contribution < 1.29 is 4.79 Å².